The molecule has 6 nitrogen and oxygen atoms in total. The molecule has 1 aromatic carbocycles. The Labute approximate surface area is 328 Å². The van der Waals surface area contributed by atoms with Gasteiger partial charge in [-0.15, -0.1) is 0 Å². The molecule has 0 radical (unpaired) electrons. The predicted octanol–water partition coefficient (Wildman–Crippen LogP) is 13.2. The number of rotatable bonds is 6. The van der Waals surface area contributed by atoms with Crippen molar-refractivity contribution < 1.29 is 0 Å². The predicted molar refractivity (Wildman–Crippen MR) is 230 cm³/mol. The molecule has 0 saturated heterocycles. The van der Waals surface area contributed by atoms with Crippen LogP contribution in [0.2, 0.25) is 0 Å². The van der Waals surface area contributed by atoms with Crippen LogP contribution in [0.15, 0.2) is 147 Å². The van der Waals surface area contributed by atoms with Gasteiger partial charge in [-0.2, -0.15) is 0 Å². The monoisotopic (exact) mass is 727 g/mol. The van der Waals surface area contributed by atoms with Crippen LogP contribution in [0.4, 0.5) is 0 Å². The third-order valence-electron chi connectivity index (χ3n) is 8.14. The highest BCUT2D eigenvalue weighted by atomic mass is 14.8. The van der Waals surface area contributed by atoms with E-state index in [0.29, 0.717) is 35.5 Å². The zero-order valence-corrected chi connectivity index (χ0v) is 35.0. The molecule has 0 unspecified atom stereocenters. The highest BCUT2D eigenvalue weighted by Crippen LogP contribution is 2.14. The Morgan fingerprint density at radius 1 is 0.259 bits per heavy atom. The molecule has 0 aliphatic carbocycles. The Kier molecular flexibility index (Phi) is 24.7. The van der Waals surface area contributed by atoms with Crippen molar-refractivity contribution in [3.05, 3.63) is 181 Å². The molecule has 5 heterocycles. The molecule has 6 heteroatoms. The second-order valence-electron chi connectivity index (χ2n) is 14.7. The fraction of sp³-hybridized carbons (Fsp3) is 0.375. The van der Waals surface area contributed by atoms with Crippen LogP contribution >= 0.6 is 0 Å². The van der Waals surface area contributed by atoms with Gasteiger partial charge in [-0.25, -0.2) is 9.97 Å². The Balaban J connectivity index is 0.000000324. The summed E-state index contributed by atoms with van der Waals surface area (Å²) in [4.78, 5) is 23.7. The van der Waals surface area contributed by atoms with Gasteiger partial charge in [-0.3, -0.25) is 19.9 Å². The molecule has 0 aliphatic heterocycles. The van der Waals surface area contributed by atoms with E-state index in [0.717, 1.165) is 0 Å². The standard InChI is InChI=1S/C9H12.4C8H11N.C7H10N2/c1-8(2)9-6-4-3-5-7-9;1-7(2)8-3-5-9-6-4-8;3*1-7(2)8-4-3-5-9-6-8;1-6(2)7-3-8-5-9-4-7/h3-8H,1-2H3;4*3-7H,1-2H3;3-6H,1-2H3. The summed E-state index contributed by atoms with van der Waals surface area (Å²) < 4.78 is 0. The van der Waals surface area contributed by atoms with Gasteiger partial charge in [0.1, 0.15) is 6.33 Å². The molecular formula is C48H66N6. The fourth-order valence-corrected chi connectivity index (χ4v) is 4.35. The summed E-state index contributed by atoms with van der Waals surface area (Å²) in [5.74, 6) is 3.60. The molecular weight excluding hydrogens is 661 g/mol. The molecule has 54 heavy (non-hydrogen) atoms. The van der Waals surface area contributed by atoms with E-state index in [9.17, 15) is 0 Å². The molecule has 0 aliphatic rings. The SMILES string of the molecule is CC(C)c1ccccc1.CC(C)c1cccnc1.CC(C)c1cccnc1.CC(C)c1cccnc1.CC(C)c1ccncc1.CC(C)c1cncnc1. The zero-order valence-electron chi connectivity index (χ0n) is 35.0. The van der Waals surface area contributed by atoms with Gasteiger partial charge in [0.05, 0.1) is 0 Å². The van der Waals surface area contributed by atoms with E-state index in [4.69, 9.17) is 0 Å². The highest BCUT2D eigenvalue weighted by Gasteiger charge is 1.98. The van der Waals surface area contributed by atoms with Crippen molar-refractivity contribution in [3.8, 4) is 0 Å². The topological polar surface area (TPSA) is 77.3 Å². The van der Waals surface area contributed by atoms with Gasteiger partial charge in [0.15, 0.2) is 0 Å². The van der Waals surface area contributed by atoms with Crippen LogP contribution < -0.4 is 0 Å². The minimum Gasteiger partial charge on any atom is -0.265 e. The van der Waals surface area contributed by atoms with Crippen molar-refractivity contribution in [2.24, 2.45) is 0 Å². The lowest BCUT2D eigenvalue weighted by atomic mass is 10.0. The van der Waals surface area contributed by atoms with Crippen LogP contribution in [0, 0.1) is 0 Å². The first-order valence-electron chi connectivity index (χ1n) is 19.2. The summed E-state index contributed by atoms with van der Waals surface area (Å²) in [6.07, 6.45) is 20.0. The van der Waals surface area contributed by atoms with E-state index in [1.165, 1.54) is 33.4 Å². The second kappa shape index (κ2) is 28.4. The van der Waals surface area contributed by atoms with Crippen LogP contribution in [-0.4, -0.2) is 29.9 Å². The van der Waals surface area contributed by atoms with E-state index >= 15 is 0 Å². The molecule has 5 aromatic heterocycles. The van der Waals surface area contributed by atoms with Crippen molar-refractivity contribution in [1.82, 2.24) is 29.9 Å². The van der Waals surface area contributed by atoms with E-state index in [1.807, 2.05) is 79.8 Å². The zero-order chi connectivity index (χ0) is 40.1. The Bertz CT molecular complexity index is 1340. The fourth-order valence-electron chi connectivity index (χ4n) is 4.35. The van der Waals surface area contributed by atoms with E-state index in [1.54, 1.807) is 24.9 Å². The van der Waals surface area contributed by atoms with Gasteiger partial charge in [0.2, 0.25) is 0 Å². The van der Waals surface area contributed by atoms with Crippen LogP contribution in [0.5, 0.6) is 0 Å². The van der Waals surface area contributed by atoms with Gasteiger partial charge < -0.3 is 0 Å². The average molecular weight is 727 g/mol. The first-order valence-corrected chi connectivity index (χ1v) is 19.2. The first kappa shape index (κ1) is 46.9. The van der Waals surface area contributed by atoms with Crippen LogP contribution in [0.25, 0.3) is 0 Å². The highest BCUT2D eigenvalue weighted by molar-refractivity contribution is 5.18. The molecule has 0 N–H and O–H groups in total. The van der Waals surface area contributed by atoms with Gasteiger partial charge in [-0.1, -0.05) is 132 Å². The van der Waals surface area contributed by atoms with Crippen molar-refractivity contribution in [2.45, 2.75) is 119 Å². The van der Waals surface area contributed by atoms with Crippen molar-refractivity contribution in [1.29, 1.82) is 0 Å². The Morgan fingerprint density at radius 2 is 0.556 bits per heavy atom. The number of hydrogen-bond donors (Lipinski definition) is 0. The Hall–Kier alpha value is -5.10. The van der Waals surface area contributed by atoms with E-state index in [-0.39, 0.29) is 0 Å². The van der Waals surface area contributed by atoms with Gasteiger partial charge in [-0.05, 0) is 99.2 Å². The summed E-state index contributed by atoms with van der Waals surface area (Å²) in [5.41, 5.74) is 7.87. The van der Waals surface area contributed by atoms with Crippen LogP contribution in [0.1, 0.15) is 152 Å². The lowest BCUT2D eigenvalue weighted by Crippen LogP contribution is -1.88. The largest absolute Gasteiger partial charge is 0.265 e. The third-order valence-corrected chi connectivity index (χ3v) is 8.14. The van der Waals surface area contributed by atoms with E-state index < -0.39 is 0 Å². The minimum absolute atomic E-state index is 0.534. The van der Waals surface area contributed by atoms with Crippen molar-refractivity contribution >= 4 is 0 Å². The van der Waals surface area contributed by atoms with Crippen LogP contribution in [-0.2, 0) is 0 Å². The molecule has 288 valence electrons. The minimum atomic E-state index is 0.534. The molecule has 0 spiro atoms. The van der Waals surface area contributed by atoms with Gasteiger partial charge in [0.25, 0.3) is 0 Å². The Morgan fingerprint density at radius 3 is 0.778 bits per heavy atom. The smallest absolute Gasteiger partial charge is 0.115 e. The van der Waals surface area contributed by atoms with Gasteiger partial charge >= 0.3 is 0 Å². The summed E-state index contributed by atoms with van der Waals surface area (Å²) in [6.45, 7) is 26.0. The molecule has 0 bridgehead atoms. The summed E-state index contributed by atoms with van der Waals surface area (Å²) in [5, 5.41) is 0. The third kappa shape index (κ3) is 22.1. The number of benzene rings is 1. The summed E-state index contributed by atoms with van der Waals surface area (Å²) in [7, 11) is 0. The van der Waals surface area contributed by atoms with E-state index in [2.05, 4.69) is 155 Å². The normalized spacial score (nSPS) is 10.1. The second-order valence-corrected chi connectivity index (χ2v) is 14.7. The lowest BCUT2D eigenvalue weighted by Gasteiger charge is -2.01. The number of nitrogens with zero attached hydrogens (tertiary/aromatic N) is 6. The average Bonchev–Trinajstić information content (AvgIpc) is 3.21. The number of pyridine rings is 4. The lowest BCUT2D eigenvalue weighted by molar-refractivity contribution is 0.845. The maximum Gasteiger partial charge on any atom is 0.115 e. The molecule has 6 rings (SSSR count). The van der Waals surface area contributed by atoms with Gasteiger partial charge in [0, 0.05) is 62.0 Å². The first-order chi connectivity index (χ1) is 25.8. The number of aromatic nitrogens is 6. The molecule has 0 atom stereocenters. The quantitative estimate of drug-likeness (QED) is 0.170. The maximum atomic E-state index is 4.01. The van der Waals surface area contributed by atoms with Crippen molar-refractivity contribution in [2.75, 3.05) is 0 Å². The molecule has 0 amide bonds. The number of hydrogen-bond acceptors (Lipinski definition) is 6. The molecule has 0 saturated carbocycles. The molecule has 6 aromatic rings. The summed E-state index contributed by atoms with van der Waals surface area (Å²) in [6, 6.07) is 26.8. The van der Waals surface area contributed by atoms with Crippen LogP contribution in [0.3, 0.4) is 0 Å². The molecule has 0 fully saturated rings. The van der Waals surface area contributed by atoms with Crippen molar-refractivity contribution in [3.63, 3.8) is 0 Å². The maximum absolute atomic E-state index is 4.01. The summed E-state index contributed by atoms with van der Waals surface area (Å²) >= 11 is 0.